The summed E-state index contributed by atoms with van der Waals surface area (Å²) in [5.74, 6) is -0.0444. The Morgan fingerprint density at radius 2 is 2.12 bits per heavy atom. The lowest BCUT2D eigenvalue weighted by molar-refractivity contribution is -0.384. The molecule has 1 amide bonds. The maximum atomic E-state index is 12.9. The second kappa shape index (κ2) is 6.60. The Morgan fingerprint density at radius 3 is 2.79 bits per heavy atom. The van der Waals surface area contributed by atoms with Gasteiger partial charge in [-0.05, 0) is 24.5 Å². The van der Waals surface area contributed by atoms with E-state index in [0.29, 0.717) is 25.2 Å². The highest BCUT2D eigenvalue weighted by atomic mass is 16.6. The fourth-order valence-corrected chi connectivity index (χ4v) is 3.42. The number of amides is 1. The van der Waals surface area contributed by atoms with Crippen LogP contribution in [-0.4, -0.2) is 45.1 Å². The molecule has 0 spiro atoms. The number of carbonyl (C=O) groups is 1. The Labute approximate surface area is 139 Å². The van der Waals surface area contributed by atoms with Crippen molar-refractivity contribution in [3.8, 4) is 0 Å². The molecule has 0 atom stereocenters. The van der Waals surface area contributed by atoms with Crippen molar-refractivity contribution in [1.82, 2.24) is 9.47 Å². The van der Waals surface area contributed by atoms with Crippen molar-refractivity contribution in [2.45, 2.75) is 32.7 Å². The van der Waals surface area contributed by atoms with E-state index in [1.807, 2.05) is 4.90 Å². The van der Waals surface area contributed by atoms with Gasteiger partial charge in [0.15, 0.2) is 0 Å². The third-order valence-corrected chi connectivity index (χ3v) is 4.59. The van der Waals surface area contributed by atoms with Gasteiger partial charge in [0.25, 0.3) is 11.6 Å². The number of aliphatic hydroxyl groups excluding tert-OH is 1. The molecule has 1 aliphatic heterocycles. The largest absolute Gasteiger partial charge is 0.395 e. The van der Waals surface area contributed by atoms with Gasteiger partial charge in [0.05, 0.1) is 11.5 Å². The van der Waals surface area contributed by atoms with E-state index < -0.39 is 4.92 Å². The van der Waals surface area contributed by atoms with Gasteiger partial charge in [-0.15, -0.1) is 0 Å². The van der Waals surface area contributed by atoms with E-state index in [9.17, 15) is 20.0 Å². The highest BCUT2D eigenvalue weighted by Crippen LogP contribution is 2.33. The summed E-state index contributed by atoms with van der Waals surface area (Å²) in [4.78, 5) is 25.4. The molecule has 128 valence electrons. The van der Waals surface area contributed by atoms with E-state index in [1.54, 1.807) is 10.6 Å². The Balaban J connectivity index is 2.14. The highest BCUT2D eigenvalue weighted by Gasteiger charge is 2.31. The number of nitro groups is 1. The summed E-state index contributed by atoms with van der Waals surface area (Å²) in [5.41, 5.74) is 2.22. The van der Waals surface area contributed by atoms with E-state index >= 15 is 0 Å². The van der Waals surface area contributed by atoms with Crippen LogP contribution in [0.2, 0.25) is 0 Å². The summed E-state index contributed by atoms with van der Waals surface area (Å²) < 4.78 is 1.80. The first-order valence-electron chi connectivity index (χ1n) is 8.28. The van der Waals surface area contributed by atoms with Crippen LogP contribution in [0.4, 0.5) is 5.69 Å². The summed E-state index contributed by atoms with van der Waals surface area (Å²) in [6, 6.07) is 4.66. The number of carbonyl (C=O) groups excluding carboxylic acids is 1. The van der Waals surface area contributed by atoms with Crippen LogP contribution < -0.4 is 0 Å². The van der Waals surface area contributed by atoms with Crippen molar-refractivity contribution in [1.29, 1.82) is 0 Å². The quantitative estimate of drug-likeness (QED) is 0.650. The van der Waals surface area contributed by atoms with Crippen LogP contribution in [0.3, 0.4) is 0 Å². The first-order chi connectivity index (χ1) is 11.6. The molecule has 24 heavy (non-hydrogen) atoms. The number of benzene rings is 1. The van der Waals surface area contributed by atoms with Gasteiger partial charge in [0, 0.05) is 42.7 Å². The lowest BCUT2D eigenvalue weighted by Crippen LogP contribution is -2.39. The smallest absolute Gasteiger partial charge is 0.270 e. The lowest BCUT2D eigenvalue weighted by Gasteiger charge is -2.28. The van der Waals surface area contributed by atoms with Crippen LogP contribution in [0, 0.1) is 10.1 Å². The number of aromatic nitrogens is 1. The maximum Gasteiger partial charge on any atom is 0.270 e. The van der Waals surface area contributed by atoms with Gasteiger partial charge < -0.3 is 14.6 Å². The summed E-state index contributed by atoms with van der Waals surface area (Å²) in [5, 5.41) is 21.2. The SMILES string of the molecule is CCCCN1CCc2c(n(CCO)c3ccc([N+](=O)[O-])cc23)C1=O. The zero-order chi connectivity index (χ0) is 17.3. The molecule has 3 rings (SSSR count). The molecule has 1 aromatic carbocycles. The molecular weight excluding hydrogens is 310 g/mol. The Morgan fingerprint density at radius 1 is 1.33 bits per heavy atom. The number of unbranched alkanes of at least 4 members (excludes halogenated alkanes) is 1. The molecule has 0 radical (unpaired) electrons. The third-order valence-electron chi connectivity index (χ3n) is 4.59. The molecule has 7 nitrogen and oxygen atoms in total. The van der Waals surface area contributed by atoms with E-state index in [2.05, 4.69) is 6.92 Å². The Kier molecular flexibility index (Phi) is 4.53. The molecule has 7 heteroatoms. The normalized spacial score (nSPS) is 14.2. The number of hydrogen-bond donors (Lipinski definition) is 1. The topological polar surface area (TPSA) is 88.6 Å². The first-order valence-corrected chi connectivity index (χ1v) is 8.28. The number of rotatable bonds is 6. The molecule has 0 unspecified atom stereocenters. The molecule has 2 heterocycles. The molecule has 0 saturated heterocycles. The molecule has 2 aromatic rings. The van der Waals surface area contributed by atoms with Gasteiger partial charge >= 0.3 is 0 Å². The number of aliphatic hydroxyl groups is 1. The molecule has 1 aromatic heterocycles. The fourth-order valence-electron chi connectivity index (χ4n) is 3.42. The average molecular weight is 331 g/mol. The average Bonchev–Trinajstić information content (AvgIpc) is 2.89. The molecule has 0 fully saturated rings. The van der Waals surface area contributed by atoms with Gasteiger partial charge in [-0.25, -0.2) is 0 Å². The van der Waals surface area contributed by atoms with Crippen molar-refractivity contribution < 1.29 is 14.8 Å². The Bertz CT molecular complexity index is 797. The van der Waals surface area contributed by atoms with Crippen molar-refractivity contribution in [2.75, 3.05) is 19.7 Å². The number of non-ortho nitro benzene ring substituents is 1. The van der Waals surface area contributed by atoms with Crippen LogP contribution in [0.15, 0.2) is 18.2 Å². The van der Waals surface area contributed by atoms with Crippen LogP contribution >= 0.6 is 0 Å². The minimum atomic E-state index is -0.423. The molecule has 0 saturated carbocycles. The minimum Gasteiger partial charge on any atom is -0.395 e. The summed E-state index contributed by atoms with van der Waals surface area (Å²) >= 11 is 0. The monoisotopic (exact) mass is 331 g/mol. The van der Waals surface area contributed by atoms with Crippen LogP contribution in [0.5, 0.6) is 0 Å². The van der Waals surface area contributed by atoms with Crippen molar-refractivity contribution in [2.24, 2.45) is 0 Å². The fraction of sp³-hybridized carbons (Fsp3) is 0.471. The van der Waals surface area contributed by atoms with Gasteiger partial charge in [-0.1, -0.05) is 13.3 Å². The van der Waals surface area contributed by atoms with Crippen molar-refractivity contribution in [3.63, 3.8) is 0 Å². The summed E-state index contributed by atoms with van der Waals surface area (Å²) in [6.45, 7) is 3.65. The lowest BCUT2D eigenvalue weighted by atomic mass is 10.0. The van der Waals surface area contributed by atoms with E-state index in [4.69, 9.17) is 0 Å². The van der Waals surface area contributed by atoms with Crippen LogP contribution in [0.1, 0.15) is 35.8 Å². The molecule has 0 bridgehead atoms. The van der Waals surface area contributed by atoms with Gasteiger partial charge in [-0.3, -0.25) is 14.9 Å². The standard InChI is InChI=1S/C17H21N3O4/c1-2-3-7-18-8-6-13-14-11-12(20(23)24)4-5-15(14)19(9-10-21)16(13)17(18)22/h4-5,11,21H,2-3,6-10H2,1H3. The Hall–Kier alpha value is -2.41. The number of hydrogen-bond acceptors (Lipinski definition) is 4. The van der Waals surface area contributed by atoms with Gasteiger partial charge in [0.2, 0.25) is 0 Å². The zero-order valence-electron chi connectivity index (χ0n) is 13.7. The van der Waals surface area contributed by atoms with Crippen molar-refractivity contribution in [3.05, 3.63) is 39.6 Å². The van der Waals surface area contributed by atoms with Crippen molar-refractivity contribution >= 4 is 22.5 Å². The van der Waals surface area contributed by atoms with Gasteiger partial charge in [-0.2, -0.15) is 0 Å². The van der Waals surface area contributed by atoms with E-state index in [1.165, 1.54) is 12.1 Å². The van der Waals surface area contributed by atoms with E-state index in [-0.39, 0.29) is 18.2 Å². The third kappa shape index (κ3) is 2.65. The summed E-state index contributed by atoms with van der Waals surface area (Å²) in [7, 11) is 0. The molecule has 0 aliphatic carbocycles. The first kappa shape index (κ1) is 16.4. The molecule has 1 aliphatic rings. The number of nitrogens with zero attached hydrogens (tertiary/aromatic N) is 3. The summed E-state index contributed by atoms with van der Waals surface area (Å²) in [6.07, 6.45) is 2.65. The zero-order valence-corrected chi connectivity index (χ0v) is 13.7. The maximum absolute atomic E-state index is 12.9. The number of nitro benzene ring substituents is 1. The second-order valence-corrected chi connectivity index (χ2v) is 6.06. The van der Waals surface area contributed by atoms with Crippen LogP contribution in [0.25, 0.3) is 10.9 Å². The van der Waals surface area contributed by atoms with Gasteiger partial charge in [0.1, 0.15) is 5.69 Å². The minimum absolute atomic E-state index is 0.0207. The molecular formula is C17H21N3O4. The predicted octanol–water partition coefficient (Wildman–Crippen LogP) is 2.34. The highest BCUT2D eigenvalue weighted by molar-refractivity contribution is 6.03. The predicted molar refractivity (Wildman–Crippen MR) is 90.2 cm³/mol. The molecule has 1 N–H and O–H groups in total. The van der Waals surface area contributed by atoms with Crippen LogP contribution in [-0.2, 0) is 13.0 Å². The van der Waals surface area contributed by atoms with E-state index in [0.717, 1.165) is 35.9 Å². The number of fused-ring (bicyclic) bond motifs is 3. The second-order valence-electron chi connectivity index (χ2n) is 6.06.